The molecule has 1 saturated heterocycles. The maximum Gasteiger partial charge on any atom is 0.253 e. The van der Waals surface area contributed by atoms with Crippen molar-refractivity contribution in [1.82, 2.24) is 10.6 Å². The van der Waals surface area contributed by atoms with Crippen molar-refractivity contribution in [3.63, 3.8) is 0 Å². The Balaban J connectivity index is 0.00000264. The summed E-state index contributed by atoms with van der Waals surface area (Å²) in [5, 5.41) is 9.30. The number of hydrogen-bond acceptors (Lipinski definition) is 3. The molecular weight excluding hydrogens is 337 g/mol. The minimum absolute atomic E-state index is 0. The molecule has 1 aliphatic heterocycles. The molecule has 0 radical (unpaired) electrons. The Labute approximate surface area is 148 Å². The van der Waals surface area contributed by atoms with Crippen molar-refractivity contribution in [2.75, 3.05) is 18.4 Å². The second-order valence-corrected chi connectivity index (χ2v) is 6.45. The fourth-order valence-electron chi connectivity index (χ4n) is 2.28. The number of amides is 2. The molecule has 0 bridgehead atoms. The minimum atomic E-state index is -0.222. The Morgan fingerprint density at radius 3 is 2.43 bits per heavy atom. The van der Waals surface area contributed by atoms with E-state index in [1.54, 1.807) is 18.2 Å². The van der Waals surface area contributed by atoms with Gasteiger partial charge in [0.05, 0.1) is 11.3 Å². The number of carbonyl (C=O) groups is 2. The van der Waals surface area contributed by atoms with Crippen LogP contribution in [0, 0.1) is 11.8 Å². The molecule has 1 unspecified atom stereocenters. The van der Waals surface area contributed by atoms with Gasteiger partial charge in [0.1, 0.15) is 0 Å². The van der Waals surface area contributed by atoms with Crippen LogP contribution in [0.1, 0.15) is 31.1 Å². The van der Waals surface area contributed by atoms with Crippen molar-refractivity contribution < 1.29 is 9.59 Å². The van der Waals surface area contributed by atoms with E-state index in [2.05, 4.69) is 16.0 Å². The molecule has 1 heterocycles. The van der Waals surface area contributed by atoms with Crippen LogP contribution in [-0.4, -0.2) is 30.9 Å². The standard InChI is InChI=1S/C16H22ClN3O2.ClH/c1-9(2)19-16(22)13-5-4-12(17)6-14(13)20-15(21)10(3)11-7-18-8-11;/h4-6,9-11,18H,7-8H2,1-3H3,(H,19,22)(H,20,21);1H. The van der Waals surface area contributed by atoms with E-state index in [4.69, 9.17) is 11.6 Å². The molecule has 7 heteroatoms. The van der Waals surface area contributed by atoms with Crippen molar-refractivity contribution in [1.29, 1.82) is 0 Å². The third kappa shape index (κ3) is 5.09. The number of carbonyl (C=O) groups excluding carboxylic acids is 2. The molecule has 128 valence electrons. The van der Waals surface area contributed by atoms with E-state index in [-0.39, 0.29) is 36.2 Å². The molecule has 1 aliphatic rings. The van der Waals surface area contributed by atoms with Gasteiger partial charge in [-0.15, -0.1) is 12.4 Å². The second kappa shape index (κ2) is 8.52. The maximum atomic E-state index is 12.3. The Morgan fingerprint density at radius 2 is 1.91 bits per heavy atom. The van der Waals surface area contributed by atoms with Crippen LogP contribution < -0.4 is 16.0 Å². The molecule has 0 spiro atoms. The van der Waals surface area contributed by atoms with Crippen molar-refractivity contribution in [3.05, 3.63) is 28.8 Å². The topological polar surface area (TPSA) is 70.2 Å². The zero-order valence-corrected chi connectivity index (χ0v) is 15.1. The molecular formula is C16H23Cl2N3O2. The van der Waals surface area contributed by atoms with E-state index in [1.807, 2.05) is 20.8 Å². The van der Waals surface area contributed by atoms with Crippen LogP contribution in [0.25, 0.3) is 0 Å². The van der Waals surface area contributed by atoms with E-state index in [9.17, 15) is 9.59 Å². The summed E-state index contributed by atoms with van der Waals surface area (Å²) in [6, 6.07) is 4.91. The van der Waals surface area contributed by atoms with Crippen LogP contribution in [-0.2, 0) is 4.79 Å². The number of benzene rings is 1. The van der Waals surface area contributed by atoms with Crippen LogP contribution in [0.4, 0.5) is 5.69 Å². The highest BCUT2D eigenvalue weighted by atomic mass is 35.5. The molecule has 1 aromatic carbocycles. The van der Waals surface area contributed by atoms with Crippen molar-refractivity contribution in [2.45, 2.75) is 26.8 Å². The van der Waals surface area contributed by atoms with E-state index in [1.165, 1.54) is 0 Å². The smallest absolute Gasteiger partial charge is 0.253 e. The molecule has 0 aromatic heterocycles. The average Bonchev–Trinajstić information content (AvgIpc) is 2.35. The lowest BCUT2D eigenvalue weighted by molar-refractivity contribution is -0.121. The quantitative estimate of drug-likeness (QED) is 0.756. The first-order valence-corrected chi connectivity index (χ1v) is 7.88. The SMILES string of the molecule is CC(C)NC(=O)c1ccc(Cl)cc1NC(=O)C(C)C1CNC1.Cl. The van der Waals surface area contributed by atoms with Crippen LogP contribution in [0.5, 0.6) is 0 Å². The first-order chi connectivity index (χ1) is 10.4. The number of rotatable bonds is 5. The van der Waals surface area contributed by atoms with Crippen molar-refractivity contribution in [3.8, 4) is 0 Å². The molecule has 2 rings (SSSR count). The van der Waals surface area contributed by atoms with E-state index >= 15 is 0 Å². The summed E-state index contributed by atoms with van der Waals surface area (Å²) in [5.41, 5.74) is 0.875. The summed E-state index contributed by atoms with van der Waals surface area (Å²) < 4.78 is 0. The normalized spacial score (nSPS) is 15.3. The van der Waals surface area contributed by atoms with Gasteiger partial charge in [-0.1, -0.05) is 18.5 Å². The fraction of sp³-hybridized carbons (Fsp3) is 0.500. The highest BCUT2D eigenvalue weighted by Crippen LogP contribution is 2.24. The third-order valence-electron chi connectivity index (χ3n) is 3.84. The average molecular weight is 360 g/mol. The van der Waals surface area contributed by atoms with Gasteiger partial charge in [0, 0.05) is 17.0 Å². The van der Waals surface area contributed by atoms with Crippen molar-refractivity contribution in [2.24, 2.45) is 11.8 Å². The maximum absolute atomic E-state index is 12.3. The third-order valence-corrected chi connectivity index (χ3v) is 4.07. The van der Waals surface area contributed by atoms with Crippen LogP contribution >= 0.6 is 24.0 Å². The fourth-order valence-corrected chi connectivity index (χ4v) is 2.46. The van der Waals surface area contributed by atoms with Crippen LogP contribution in [0.15, 0.2) is 18.2 Å². The van der Waals surface area contributed by atoms with Gasteiger partial charge >= 0.3 is 0 Å². The van der Waals surface area contributed by atoms with Gasteiger partial charge in [-0.25, -0.2) is 0 Å². The predicted molar refractivity (Wildman–Crippen MR) is 95.5 cm³/mol. The lowest BCUT2D eigenvalue weighted by Gasteiger charge is -2.31. The zero-order chi connectivity index (χ0) is 16.3. The summed E-state index contributed by atoms with van der Waals surface area (Å²) in [4.78, 5) is 24.6. The van der Waals surface area contributed by atoms with Crippen LogP contribution in [0.3, 0.4) is 0 Å². The van der Waals surface area contributed by atoms with Gasteiger partial charge in [0.2, 0.25) is 5.91 Å². The molecule has 2 amide bonds. The Kier molecular flexibility index (Phi) is 7.32. The molecule has 1 atom stereocenters. The molecule has 5 nitrogen and oxygen atoms in total. The van der Waals surface area contributed by atoms with Gasteiger partial charge < -0.3 is 16.0 Å². The second-order valence-electron chi connectivity index (χ2n) is 6.01. The summed E-state index contributed by atoms with van der Waals surface area (Å²) in [6.07, 6.45) is 0. The molecule has 0 saturated carbocycles. The van der Waals surface area contributed by atoms with Gasteiger partial charge in [0.15, 0.2) is 0 Å². The molecule has 1 fully saturated rings. The summed E-state index contributed by atoms with van der Waals surface area (Å²) in [7, 11) is 0. The molecule has 23 heavy (non-hydrogen) atoms. The summed E-state index contributed by atoms with van der Waals surface area (Å²) >= 11 is 6.00. The monoisotopic (exact) mass is 359 g/mol. The molecule has 1 aromatic rings. The van der Waals surface area contributed by atoms with Gasteiger partial charge in [-0.05, 0) is 51.1 Å². The molecule has 3 N–H and O–H groups in total. The minimum Gasteiger partial charge on any atom is -0.350 e. The van der Waals surface area contributed by atoms with Gasteiger partial charge in [-0.2, -0.15) is 0 Å². The lowest BCUT2D eigenvalue weighted by atomic mass is 9.88. The summed E-state index contributed by atoms with van der Waals surface area (Å²) in [5.74, 6) is -0.0827. The van der Waals surface area contributed by atoms with Crippen molar-refractivity contribution >= 4 is 41.5 Å². The van der Waals surface area contributed by atoms with E-state index in [0.717, 1.165) is 13.1 Å². The number of halogens is 2. The highest BCUT2D eigenvalue weighted by Gasteiger charge is 2.29. The molecule has 0 aliphatic carbocycles. The first kappa shape index (κ1) is 19.7. The largest absolute Gasteiger partial charge is 0.350 e. The van der Waals surface area contributed by atoms with Crippen LogP contribution in [0.2, 0.25) is 5.02 Å². The Morgan fingerprint density at radius 1 is 1.26 bits per heavy atom. The number of hydrogen-bond donors (Lipinski definition) is 3. The first-order valence-electron chi connectivity index (χ1n) is 7.50. The van der Waals surface area contributed by atoms with E-state index in [0.29, 0.717) is 22.2 Å². The predicted octanol–water partition coefficient (Wildman–Crippen LogP) is 2.69. The lowest BCUT2D eigenvalue weighted by Crippen LogP contribution is -2.48. The van der Waals surface area contributed by atoms with Gasteiger partial charge in [-0.3, -0.25) is 9.59 Å². The van der Waals surface area contributed by atoms with Gasteiger partial charge in [0.25, 0.3) is 5.91 Å². The van der Waals surface area contributed by atoms with E-state index < -0.39 is 0 Å². The number of nitrogens with one attached hydrogen (secondary N) is 3. The Bertz CT molecular complexity index is 574. The number of anilines is 1. The zero-order valence-electron chi connectivity index (χ0n) is 13.5. The Hall–Kier alpha value is -1.30. The highest BCUT2D eigenvalue weighted by molar-refractivity contribution is 6.31. The summed E-state index contributed by atoms with van der Waals surface area (Å²) in [6.45, 7) is 7.38.